The molecule has 1 unspecified atom stereocenters. The van der Waals surface area contributed by atoms with Crippen LogP contribution in [0.25, 0.3) is 0 Å². The number of halogens is 1. The first-order chi connectivity index (χ1) is 11.1. The normalized spacial score (nSPS) is 11.5. The standard InChI is InChI=1S/C19H24N2O2.ClH/c1-15-7-6-10-17(11-15)18(22)14-21(19(23)12-20-2)13-16-8-4-3-5-9-16;/h3-11,18,20,22H,12-14H2,1-2H3;1H. The van der Waals surface area contributed by atoms with Gasteiger partial charge in [0.2, 0.25) is 5.91 Å². The highest BCUT2D eigenvalue weighted by atomic mass is 35.5. The second kappa shape index (κ2) is 10.1. The molecule has 2 aromatic rings. The fourth-order valence-electron chi connectivity index (χ4n) is 2.51. The summed E-state index contributed by atoms with van der Waals surface area (Å²) in [5.74, 6) is -0.0249. The average Bonchev–Trinajstić information content (AvgIpc) is 2.55. The smallest absolute Gasteiger partial charge is 0.236 e. The van der Waals surface area contributed by atoms with Crippen molar-refractivity contribution in [1.29, 1.82) is 0 Å². The van der Waals surface area contributed by atoms with Gasteiger partial charge in [-0.15, -0.1) is 12.4 Å². The quantitative estimate of drug-likeness (QED) is 0.809. The molecule has 0 bridgehead atoms. The maximum atomic E-state index is 12.3. The summed E-state index contributed by atoms with van der Waals surface area (Å²) in [6, 6.07) is 17.6. The number of aliphatic hydroxyl groups is 1. The summed E-state index contributed by atoms with van der Waals surface area (Å²) in [7, 11) is 1.75. The van der Waals surface area contributed by atoms with Gasteiger partial charge in [0.25, 0.3) is 0 Å². The molecule has 2 rings (SSSR count). The van der Waals surface area contributed by atoms with Crippen molar-refractivity contribution < 1.29 is 9.90 Å². The Hall–Kier alpha value is -1.88. The van der Waals surface area contributed by atoms with E-state index in [2.05, 4.69) is 5.32 Å². The molecule has 0 aliphatic heterocycles. The number of nitrogens with one attached hydrogen (secondary N) is 1. The fourth-order valence-corrected chi connectivity index (χ4v) is 2.51. The molecule has 2 N–H and O–H groups in total. The minimum atomic E-state index is -0.695. The third-order valence-corrected chi connectivity index (χ3v) is 3.72. The van der Waals surface area contributed by atoms with E-state index in [0.717, 1.165) is 16.7 Å². The number of hydrogen-bond donors (Lipinski definition) is 2. The van der Waals surface area contributed by atoms with Gasteiger partial charge >= 0.3 is 0 Å². The van der Waals surface area contributed by atoms with E-state index in [9.17, 15) is 9.90 Å². The van der Waals surface area contributed by atoms with Crippen molar-refractivity contribution in [2.75, 3.05) is 20.1 Å². The molecule has 5 heteroatoms. The van der Waals surface area contributed by atoms with Crippen LogP contribution in [0.15, 0.2) is 54.6 Å². The predicted octanol–water partition coefficient (Wildman–Crippen LogP) is 2.70. The van der Waals surface area contributed by atoms with E-state index in [-0.39, 0.29) is 31.4 Å². The molecule has 0 fully saturated rings. The highest BCUT2D eigenvalue weighted by Gasteiger charge is 2.18. The van der Waals surface area contributed by atoms with Crippen molar-refractivity contribution in [2.45, 2.75) is 19.6 Å². The highest BCUT2D eigenvalue weighted by molar-refractivity contribution is 5.85. The minimum Gasteiger partial charge on any atom is -0.387 e. The number of hydrogen-bond acceptors (Lipinski definition) is 3. The topological polar surface area (TPSA) is 52.6 Å². The number of benzene rings is 2. The number of rotatable bonds is 7. The Morgan fingerprint density at radius 2 is 1.88 bits per heavy atom. The Balaban J connectivity index is 0.00000288. The SMILES string of the molecule is CNCC(=O)N(Cc1ccccc1)CC(O)c1cccc(C)c1.Cl. The maximum absolute atomic E-state index is 12.3. The highest BCUT2D eigenvalue weighted by Crippen LogP contribution is 2.17. The average molecular weight is 349 g/mol. The number of carbonyl (C=O) groups is 1. The van der Waals surface area contributed by atoms with E-state index in [1.807, 2.05) is 61.5 Å². The molecule has 1 amide bonds. The van der Waals surface area contributed by atoms with Gasteiger partial charge < -0.3 is 15.3 Å². The lowest BCUT2D eigenvalue weighted by Gasteiger charge is -2.26. The molecule has 2 aromatic carbocycles. The third-order valence-electron chi connectivity index (χ3n) is 3.72. The molecular formula is C19H25ClN2O2. The first-order valence-electron chi connectivity index (χ1n) is 7.81. The van der Waals surface area contributed by atoms with Gasteiger partial charge in [0.1, 0.15) is 0 Å². The van der Waals surface area contributed by atoms with Crippen molar-refractivity contribution in [1.82, 2.24) is 10.2 Å². The first kappa shape index (κ1) is 20.2. The molecule has 1 atom stereocenters. The second-order valence-electron chi connectivity index (χ2n) is 5.72. The zero-order valence-electron chi connectivity index (χ0n) is 14.1. The van der Waals surface area contributed by atoms with Crippen molar-refractivity contribution in [3.8, 4) is 0 Å². The van der Waals surface area contributed by atoms with E-state index in [4.69, 9.17) is 0 Å². The summed E-state index contributed by atoms with van der Waals surface area (Å²) in [6.45, 7) is 3.01. The summed E-state index contributed by atoms with van der Waals surface area (Å²) in [5.41, 5.74) is 2.98. The van der Waals surface area contributed by atoms with Crippen LogP contribution in [0.5, 0.6) is 0 Å². The summed E-state index contributed by atoms with van der Waals surface area (Å²) < 4.78 is 0. The summed E-state index contributed by atoms with van der Waals surface area (Å²) >= 11 is 0. The Labute approximate surface area is 149 Å². The number of nitrogens with zero attached hydrogens (tertiary/aromatic N) is 1. The van der Waals surface area contributed by atoms with Crippen LogP contribution < -0.4 is 5.32 Å². The van der Waals surface area contributed by atoms with Gasteiger partial charge in [-0.25, -0.2) is 0 Å². The molecular weight excluding hydrogens is 324 g/mol. The molecule has 0 spiro atoms. The number of amides is 1. The van der Waals surface area contributed by atoms with Gasteiger partial charge in [0.15, 0.2) is 0 Å². The Morgan fingerprint density at radius 1 is 1.17 bits per heavy atom. The number of carbonyl (C=O) groups excluding carboxylic acids is 1. The van der Waals surface area contributed by atoms with Crippen LogP contribution in [0, 0.1) is 6.92 Å². The molecule has 0 aromatic heterocycles. The Morgan fingerprint density at radius 3 is 2.50 bits per heavy atom. The lowest BCUT2D eigenvalue weighted by Crippen LogP contribution is -2.39. The van der Waals surface area contributed by atoms with Gasteiger partial charge in [-0.1, -0.05) is 60.2 Å². The predicted molar refractivity (Wildman–Crippen MR) is 99.2 cm³/mol. The monoisotopic (exact) mass is 348 g/mol. The van der Waals surface area contributed by atoms with E-state index in [0.29, 0.717) is 6.54 Å². The van der Waals surface area contributed by atoms with E-state index in [1.54, 1.807) is 11.9 Å². The van der Waals surface area contributed by atoms with Crippen molar-refractivity contribution in [3.63, 3.8) is 0 Å². The van der Waals surface area contributed by atoms with Gasteiger partial charge in [-0.05, 0) is 25.1 Å². The summed E-state index contributed by atoms with van der Waals surface area (Å²) in [4.78, 5) is 14.0. The Bertz CT molecular complexity index is 634. The van der Waals surface area contributed by atoms with Gasteiger partial charge in [-0.2, -0.15) is 0 Å². The van der Waals surface area contributed by atoms with Crippen molar-refractivity contribution >= 4 is 18.3 Å². The lowest BCUT2D eigenvalue weighted by atomic mass is 10.1. The van der Waals surface area contributed by atoms with Crippen LogP contribution in [0.4, 0.5) is 0 Å². The van der Waals surface area contributed by atoms with E-state index < -0.39 is 6.10 Å². The number of likely N-dealkylation sites (N-methyl/N-ethyl adjacent to an activating group) is 1. The van der Waals surface area contributed by atoms with Crippen LogP contribution in [-0.4, -0.2) is 36.1 Å². The third kappa shape index (κ3) is 5.96. The van der Waals surface area contributed by atoms with Crippen LogP contribution >= 0.6 is 12.4 Å². The van der Waals surface area contributed by atoms with Crippen molar-refractivity contribution in [2.24, 2.45) is 0 Å². The van der Waals surface area contributed by atoms with Gasteiger partial charge in [-0.3, -0.25) is 4.79 Å². The molecule has 24 heavy (non-hydrogen) atoms. The van der Waals surface area contributed by atoms with Gasteiger partial charge in [0.05, 0.1) is 19.2 Å². The maximum Gasteiger partial charge on any atom is 0.236 e. The molecule has 0 heterocycles. The molecule has 130 valence electrons. The first-order valence-corrected chi connectivity index (χ1v) is 7.81. The largest absolute Gasteiger partial charge is 0.387 e. The Kier molecular flexibility index (Phi) is 8.47. The zero-order valence-corrected chi connectivity index (χ0v) is 14.9. The van der Waals surface area contributed by atoms with Gasteiger partial charge in [0, 0.05) is 6.54 Å². The minimum absolute atomic E-state index is 0. The van der Waals surface area contributed by atoms with Crippen molar-refractivity contribution in [3.05, 3.63) is 71.3 Å². The molecule has 4 nitrogen and oxygen atoms in total. The number of aryl methyl sites for hydroxylation is 1. The summed E-state index contributed by atoms with van der Waals surface area (Å²) in [6.07, 6.45) is -0.695. The molecule has 0 saturated carbocycles. The summed E-state index contributed by atoms with van der Waals surface area (Å²) in [5, 5.41) is 13.4. The van der Waals surface area contributed by atoms with E-state index in [1.165, 1.54) is 0 Å². The van der Waals surface area contributed by atoms with Crippen LogP contribution in [0.2, 0.25) is 0 Å². The fraction of sp³-hybridized carbons (Fsp3) is 0.316. The molecule has 0 radical (unpaired) electrons. The van der Waals surface area contributed by atoms with Crippen LogP contribution in [0.1, 0.15) is 22.8 Å². The van der Waals surface area contributed by atoms with E-state index >= 15 is 0 Å². The lowest BCUT2D eigenvalue weighted by molar-refractivity contribution is -0.132. The van der Waals surface area contributed by atoms with Crippen LogP contribution in [-0.2, 0) is 11.3 Å². The molecule has 0 aliphatic rings. The zero-order chi connectivity index (χ0) is 16.7. The molecule has 0 saturated heterocycles. The number of aliphatic hydroxyl groups excluding tert-OH is 1. The molecule has 0 aliphatic carbocycles. The second-order valence-corrected chi connectivity index (χ2v) is 5.72. The van der Waals surface area contributed by atoms with Crippen LogP contribution in [0.3, 0.4) is 0 Å².